The Labute approximate surface area is 96.5 Å². The van der Waals surface area contributed by atoms with Crippen molar-refractivity contribution in [1.82, 2.24) is 0 Å². The zero-order valence-corrected chi connectivity index (χ0v) is 9.74. The van der Waals surface area contributed by atoms with Gasteiger partial charge in [0, 0.05) is 0 Å². The Bertz CT molecular complexity index is 352. The predicted octanol–water partition coefficient (Wildman–Crippen LogP) is 2.33. The topological polar surface area (TPSA) is 44.5 Å². The molecule has 2 N–H and O–H groups in total. The third-order valence-corrected chi connectivity index (χ3v) is 3.02. The molecule has 16 heavy (non-hydrogen) atoms. The number of benzene rings is 1. The van der Waals surface area contributed by atoms with Gasteiger partial charge >= 0.3 is 0 Å². The molecule has 0 bridgehead atoms. The van der Waals surface area contributed by atoms with Crippen LogP contribution in [-0.4, -0.2) is 13.3 Å². The molecule has 0 aliphatic carbocycles. The molecule has 0 saturated carbocycles. The predicted molar refractivity (Wildman–Crippen MR) is 63.7 cm³/mol. The van der Waals surface area contributed by atoms with Gasteiger partial charge in [0.25, 0.3) is 0 Å². The van der Waals surface area contributed by atoms with Crippen molar-refractivity contribution in [2.75, 3.05) is 13.3 Å². The summed E-state index contributed by atoms with van der Waals surface area (Å²) < 4.78 is 10.6. The molecule has 1 aliphatic rings. The van der Waals surface area contributed by atoms with Gasteiger partial charge in [-0.1, -0.05) is 13.0 Å². The van der Waals surface area contributed by atoms with Crippen LogP contribution in [-0.2, 0) is 6.42 Å². The van der Waals surface area contributed by atoms with Crippen molar-refractivity contribution in [3.8, 4) is 11.5 Å². The van der Waals surface area contributed by atoms with Crippen LogP contribution in [0.1, 0.15) is 25.3 Å². The third-order valence-electron chi connectivity index (χ3n) is 3.02. The summed E-state index contributed by atoms with van der Waals surface area (Å²) in [6.45, 7) is 3.38. The number of aryl methyl sites for hydroxylation is 1. The summed E-state index contributed by atoms with van der Waals surface area (Å²) in [5.41, 5.74) is 6.85. The fourth-order valence-corrected chi connectivity index (χ4v) is 1.94. The lowest BCUT2D eigenvalue weighted by molar-refractivity contribution is 0.174. The smallest absolute Gasteiger partial charge is 0.231 e. The van der Waals surface area contributed by atoms with Crippen LogP contribution in [0.4, 0.5) is 0 Å². The maximum Gasteiger partial charge on any atom is 0.231 e. The molecular weight excluding hydrogens is 202 g/mol. The van der Waals surface area contributed by atoms with E-state index in [1.807, 2.05) is 6.07 Å². The molecule has 1 heterocycles. The third kappa shape index (κ3) is 2.67. The molecule has 88 valence electrons. The normalized spacial score (nSPS) is 15.1. The van der Waals surface area contributed by atoms with Gasteiger partial charge in [0.2, 0.25) is 6.79 Å². The van der Waals surface area contributed by atoms with Gasteiger partial charge in [-0.05, 0) is 49.4 Å². The van der Waals surface area contributed by atoms with Gasteiger partial charge in [0.05, 0.1) is 0 Å². The summed E-state index contributed by atoms with van der Waals surface area (Å²) in [4.78, 5) is 0. The highest BCUT2D eigenvalue weighted by Gasteiger charge is 2.13. The monoisotopic (exact) mass is 221 g/mol. The van der Waals surface area contributed by atoms with Crippen molar-refractivity contribution in [3.63, 3.8) is 0 Å². The molecule has 1 aromatic carbocycles. The molecule has 1 unspecified atom stereocenters. The standard InChI is InChI=1S/C13H19NO2/c1-10(6-7-14)2-3-11-4-5-12-13(8-11)16-9-15-12/h4-5,8,10H,2-3,6-7,9,14H2,1H3. The van der Waals surface area contributed by atoms with Crippen molar-refractivity contribution in [2.45, 2.75) is 26.2 Å². The fourth-order valence-electron chi connectivity index (χ4n) is 1.94. The molecule has 3 heteroatoms. The molecule has 0 saturated heterocycles. The fraction of sp³-hybridized carbons (Fsp3) is 0.538. The highest BCUT2D eigenvalue weighted by Crippen LogP contribution is 2.33. The molecule has 0 aromatic heterocycles. The zero-order valence-electron chi connectivity index (χ0n) is 9.74. The summed E-state index contributed by atoms with van der Waals surface area (Å²) in [5, 5.41) is 0. The molecule has 1 atom stereocenters. The first kappa shape index (κ1) is 11.3. The first-order chi connectivity index (χ1) is 7.79. The Morgan fingerprint density at radius 3 is 2.88 bits per heavy atom. The summed E-state index contributed by atoms with van der Waals surface area (Å²) in [6, 6.07) is 6.19. The van der Waals surface area contributed by atoms with Crippen LogP contribution in [0.25, 0.3) is 0 Å². The lowest BCUT2D eigenvalue weighted by Gasteiger charge is -2.09. The van der Waals surface area contributed by atoms with Crippen LogP contribution in [0.2, 0.25) is 0 Å². The van der Waals surface area contributed by atoms with Gasteiger partial charge in [0.1, 0.15) is 0 Å². The first-order valence-electron chi connectivity index (χ1n) is 5.88. The number of ether oxygens (including phenoxy) is 2. The molecule has 0 fully saturated rings. The van der Waals surface area contributed by atoms with E-state index in [9.17, 15) is 0 Å². The van der Waals surface area contributed by atoms with E-state index in [1.165, 1.54) is 12.0 Å². The highest BCUT2D eigenvalue weighted by atomic mass is 16.7. The van der Waals surface area contributed by atoms with Gasteiger partial charge in [-0.3, -0.25) is 0 Å². The Morgan fingerprint density at radius 1 is 1.25 bits per heavy atom. The second-order valence-corrected chi connectivity index (χ2v) is 4.41. The second kappa shape index (κ2) is 5.21. The molecule has 3 nitrogen and oxygen atoms in total. The SMILES string of the molecule is CC(CCN)CCc1ccc2c(c1)OCO2. The van der Waals surface area contributed by atoms with Gasteiger partial charge in [-0.15, -0.1) is 0 Å². The van der Waals surface area contributed by atoms with Gasteiger partial charge in [-0.25, -0.2) is 0 Å². The number of fused-ring (bicyclic) bond motifs is 1. The molecule has 1 aromatic rings. The van der Waals surface area contributed by atoms with Crippen molar-refractivity contribution in [1.29, 1.82) is 0 Å². The molecule has 0 radical (unpaired) electrons. The largest absolute Gasteiger partial charge is 0.454 e. The summed E-state index contributed by atoms with van der Waals surface area (Å²) in [6.07, 6.45) is 3.36. The van der Waals surface area contributed by atoms with Crippen molar-refractivity contribution < 1.29 is 9.47 Å². The van der Waals surface area contributed by atoms with E-state index in [2.05, 4.69) is 19.1 Å². The average molecular weight is 221 g/mol. The van der Waals surface area contributed by atoms with Gasteiger partial charge < -0.3 is 15.2 Å². The Balaban J connectivity index is 1.90. The maximum atomic E-state index is 5.54. The van der Waals surface area contributed by atoms with E-state index in [0.717, 1.165) is 30.9 Å². The molecule has 2 rings (SSSR count). The quantitative estimate of drug-likeness (QED) is 0.830. The van der Waals surface area contributed by atoms with Crippen LogP contribution in [0, 0.1) is 5.92 Å². The van der Waals surface area contributed by atoms with Gasteiger partial charge in [0.15, 0.2) is 11.5 Å². The first-order valence-corrected chi connectivity index (χ1v) is 5.88. The van der Waals surface area contributed by atoms with Crippen LogP contribution in [0.5, 0.6) is 11.5 Å². The lowest BCUT2D eigenvalue weighted by atomic mass is 9.98. The van der Waals surface area contributed by atoms with E-state index in [-0.39, 0.29) is 0 Å². The highest BCUT2D eigenvalue weighted by molar-refractivity contribution is 5.44. The Morgan fingerprint density at radius 2 is 2.06 bits per heavy atom. The number of rotatable bonds is 5. The average Bonchev–Trinajstić information content (AvgIpc) is 2.74. The van der Waals surface area contributed by atoms with E-state index < -0.39 is 0 Å². The van der Waals surface area contributed by atoms with Crippen molar-refractivity contribution >= 4 is 0 Å². The number of nitrogens with two attached hydrogens (primary N) is 1. The summed E-state index contributed by atoms with van der Waals surface area (Å²) in [7, 11) is 0. The van der Waals surface area contributed by atoms with Crippen LogP contribution >= 0.6 is 0 Å². The van der Waals surface area contributed by atoms with Crippen LogP contribution < -0.4 is 15.2 Å². The molecular formula is C13H19NO2. The van der Waals surface area contributed by atoms with E-state index in [4.69, 9.17) is 15.2 Å². The second-order valence-electron chi connectivity index (χ2n) is 4.41. The van der Waals surface area contributed by atoms with Crippen molar-refractivity contribution in [2.24, 2.45) is 11.7 Å². The van der Waals surface area contributed by atoms with Gasteiger partial charge in [-0.2, -0.15) is 0 Å². The van der Waals surface area contributed by atoms with E-state index in [0.29, 0.717) is 12.7 Å². The molecule has 0 spiro atoms. The number of hydrogen-bond donors (Lipinski definition) is 1. The lowest BCUT2D eigenvalue weighted by Crippen LogP contribution is -2.06. The van der Waals surface area contributed by atoms with Crippen LogP contribution in [0.3, 0.4) is 0 Å². The van der Waals surface area contributed by atoms with E-state index >= 15 is 0 Å². The number of hydrogen-bond acceptors (Lipinski definition) is 3. The minimum absolute atomic E-state index is 0.350. The summed E-state index contributed by atoms with van der Waals surface area (Å²) >= 11 is 0. The minimum Gasteiger partial charge on any atom is -0.454 e. The maximum absolute atomic E-state index is 5.54. The Kier molecular flexibility index (Phi) is 3.67. The molecule has 0 amide bonds. The summed E-state index contributed by atoms with van der Waals surface area (Å²) in [5.74, 6) is 2.43. The van der Waals surface area contributed by atoms with Crippen molar-refractivity contribution in [3.05, 3.63) is 23.8 Å². The minimum atomic E-state index is 0.350. The van der Waals surface area contributed by atoms with E-state index in [1.54, 1.807) is 0 Å². The zero-order chi connectivity index (χ0) is 11.4. The van der Waals surface area contributed by atoms with Crippen LogP contribution in [0.15, 0.2) is 18.2 Å². The molecule has 1 aliphatic heterocycles. The Hall–Kier alpha value is -1.22.